The van der Waals surface area contributed by atoms with Gasteiger partial charge in [-0.05, 0) is 43.3 Å². The third-order valence-corrected chi connectivity index (χ3v) is 4.91. The van der Waals surface area contributed by atoms with Crippen molar-refractivity contribution in [3.8, 4) is 17.2 Å². The molecule has 0 radical (unpaired) electrons. The van der Waals surface area contributed by atoms with E-state index in [2.05, 4.69) is 10.2 Å². The van der Waals surface area contributed by atoms with E-state index in [1.807, 2.05) is 37.3 Å². The van der Waals surface area contributed by atoms with Crippen LogP contribution in [0.4, 0.5) is 0 Å². The summed E-state index contributed by atoms with van der Waals surface area (Å²) in [4.78, 5) is 0.186. The zero-order valence-electron chi connectivity index (χ0n) is 13.0. The summed E-state index contributed by atoms with van der Waals surface area (Å²) < 4.78 is 35.7. The molecule has 0 unspecified atom stereocenters. The second-order valence-corrected chi connectivity index (χ2v) is 7.02. The van der Waals surface area contributed by atoms with E-state index < -0.39 is 9.84 Å². The minimum absolute atomic E-state index is 0.0581. The molecule has 1 aromatic heterocycles. The summed E-state index contributed by atoms with van der Waals surface area (Å²) in [7, 11) is -3.57. The minimum Gasteiger partial charge on any atom is -0.494 e. The van der Waals surface area contributed by atoms with Crippen molar-refractivity contribution in [2.75, 3.05) is 6.61 Å². The number of nitrogens with zero attached hydrogens (tertiary/aromatic N) is 2. The maximum atomic E-state index is 12.4. The molecule has 0 aliphatic rings. The van der Waals surface area contributed by atoms with E-state index in [9.17, 15) is 8.42 Å². The van der Waals surface area contributed by atoms with Crippen LogP contribution in [0.5, 0.6) is 5.75 Å². The largest absolute Gasteiger partial charge is 0.494 e. The molecule has 0 spiro atoms. The summed E-state index contributed by atoms with van der Waals surface area (Å²) in [6.45, 7) is 2.39. The number of benzene rings is 2. The van der Waals surface area contributed by atoms with Crippen LogP contribution in [0.15, 0.2) is 63.9 Å². The lowest BCUT2D eigenvalue weighted by Crippen LogP contribution is -2.05. The summed E-state index contributed by atoms with van der Waals surface area (Å²) >= 11 is 0. The molecule has 3 rings (SSSR count). The molecule has 124 valence electrons. The van der Waals surface area contributed by atoms with Gasteiger partial charge in [0.25, 0.3) is 0 Å². The zero-order valence-corrected chi connectivity index (χ0v) is 13.9. The first-order valence-corrected chi connectivity index (χ1v) is 9.07. The number of ether oxygens (including phenoxy) is 1. The van der Waals surface area contributed by atoms with Gasteiger partial charge >= 0.3 is 0 Å². The summed E-state index contributed by atoms with van der Waals surface area (Å²) in [6.07, 6.45) is 0. The van der Waals surface area contributed by atoms with Crippen molar-refractivity contribution in [1.82, 2.24) is 10.2 Å². The molecule has 3 aromatic rings. The van der Waals surface area contributed by atoms with Crippen LogP contribution >= 0.6 is 0 Å². The van der Waals surface area contributed by atoms with Crippen molar-refractivity contribution in [3.05, 3.63) is 60.5 Å². The average molecular weight is 344 g/mol. The Morgan fingerprint density at radius 2 is 1.71 bits per heavy atom. The highest BCUT2D eigenvalue weighted by molar-refractivity contribution is 7.90. The van der Waals surface area contributed by atoms with Gasteiger partial charge in [-0.15, -0.1) is 10.2 Å². The number of rotatable bonds is 6. The van der Waals surface area contributed by atoms with Gasteiger partial charge in [0.2, 0.25) is 11.8 Å². The first-order valence-electron chi connectivity index (χ1n) is 7.42. The molecule has 6 nitrogen and oxygen atoms in total. The zero-order chi connectivity index (χ0) is 17.0. The molecule has 0 N–H and O–H groups in total. The first kappa shape index (κ1) is 16.2. The van der Waals surface area contributed by atoms with Gasteiger partial charge < -0.3 is 9.15 Å². The summed E-state index contributed by atoms with van der Waals surface area (Å²) in [5.41, 5.74) is 0.745. The van der Waals surface area contributed by atoms with E-state index in [1.165, 1.54) is 12.1 Å². The Morgan fingerprint density at radius 3 is 2.38 bits per heavy atom. The van der Waals surface area contributed by atoms with Crippen molar-refractivity contribution in [2.45, 2.75) is 17.6 Å². The number of aromatic nitrogens is 2. The number of sulfone groups is 1. The van der Waals surface area contributed by atoms with Gasteiger partial charge in [0, 0.05) is 5.56 Å². The molecule has 1 heterocycles. The SMILES string of the molecule is CCOc1ccc(S(=O)(=O)Cc2nnc(-c3ccccc3)o2)cc1. The monoisotopic (exact) mass is 344 g/mol. The highest BCUT2D eigenvalue weighted by atomic mass is 32.2. The van der Waals surface area contributed by atoms with E-state index in [1.54, 1.807) is 12.1 Å². The van der Waals surface area contributed by atoms with Crippen LogP contribution in [0.25, 0.3) is 11.5 Å². The van der Waals surface area contributed by atoms with Crippen molar-refractivity contribution in [1.29, 1.82) is 0 Å². The molecule has 0 amide bonds. The van der Waals surface area contributed by atoms with Crippen molar-refractivity contribution in [3.63, 3.8) is 0 Å². The molecule has 0 aliphatic carbocycles. The van der Waals surface area contributed by atoms with Crippen molar-refractivity contribution >= 4 is 9.84 Å². The third kappa shape index (κ3) is 3.62. The molecule has 0 fully saturated rings. The van der Waals surface area contributed by atoms with E-state index in [0.29, 0.717) is 18.2 Å². The van der Waals surface area contributed by atoms with E-state index in [4.69, 9.17) is 9.15 Å². The van der Waals surface area contributed by atoms with Crippen LogP contribution in [0, 0.1) is 0 Å². The smallest absolute Gasteiger partial charge is 0.247 e. The lowest BCUT2D eigenvalue weighted by Gasteiger charge is -2.05. The van der Waals surface area contributed by atoms with Crippen LogP contribution in [-0.2, 0) is 15.6 Å². The lowest BCUT2D eigenvalue weighted by atomic mass is 10.2. The number of hydrogen-bond donors (Lipinski definition) is 0. The Kier molecular flexibility index (Phi) is 4.61. The second kappa shape index (κ2) is 6.84. The van der Waals surface area contributed by atoms with Crippen LogP contribution in [0.1, 0.15) is 12.8 Å². The van der Waals surface area contributed by atoms with Crippen molar-refractivity contribution < 1.29 is 17.6 Å². The Bertz CT molecular complexity index is 903. The van der Waals surface area contributed by atoms with E-state index >= 15 is 0 Å². The normalized spacial score (nSPS) is 11.4. The maximum absolute atomic E-state index is 12.4. The maximum Gasteiger partial charge on any atom is 0.247 e. The Morgan fingerprint density at radius 1 is 1.00 bits per heavy atom. The molecule has 0 atom stereocenters. The highest BCUT2D eigenvalue weighted by Crippen LogP contribution is 2.22. The van der Waals surface area contributed by atoms with Gasteiger partial charge in [-0.3, -0.25) is 0 Å². The molecule has 2 aromatic carbocycles. The molecular formula is C17H16N2O4S. The van der Waals surface area contributed by atoms with Crippen molar-refractivity contribution in [2.24, 2.45) is 0 Å². The highest BCUT2D eigenvalue weighted by Gasteiger charge is 2.20. The Labute approximate surface area is 140 Å². The molecule has 24 heavy (non-hydrogen) atoms. The predicted octanol–water partition coefficient (Wildman–Crippen LogP) is 3.11. The average Bonchev–Trinajstić information content (AvgIpc) is 3.04. The fraction of sp³-hybridized carbons (Fsp3) is 0.176. The van der Waals surface area contributed by atoms with Gasteiger partial charge in [0.05, 0.1) is 11.5 Å². The van der Waals surface area contributed by atoms with Crippen LogP contribution < -0.4 is 4.74 Å². The van der Waals surface area contributed by atoms with Crippen LogP contribution in [0.3, 0.4) is 0 Å². The molecule has 0 bridgehead atoms. The van der Waals surface area contributed by atoms with E-state index in [0.717, 1.165) is 5.56 Å². The fourth-order valence-corrected chi connectivity index (χ4v) is 3.32. The first-order chi connectivity index (χ1) is 11.6. The molecular weight excluding hydrogens is 328 g/mol. The van der Waals surface area contributed by atoms with Crippen LogP contribution in [0.2, 0.25) is 0 Å². The third-order valence-electron chi connectivity index (χ3n) is 3.29. The molecule has 0 saturated heterocycles. The van der Waals surface area contributed by atoms with Gasteiger partial charge in [0.15, 0.2) is 9.84 Å². The second-order valence-electron chi connectivity index (χ2n) is 5.03. The lowest BCUT2D eigenvalue weighted by molar-refractivity contribution is 0.340. The quantitative estimate of drug-likeness (QED) is 0.683. The van der Waals surface area contributed by atoms with Crippen LogP contribution in [-0.4, -0.2) is 25.2 Å². The molecule has 0 aliphatic heterocycles. The molecule has 0 saturated carbocycles. The van der Waals surface area contributed by atoms with Gasteiger partial charge in [-0.2, -0.15) is 0 Å². The number of hydrogen-bond acceptors (Lipinski definition) is 6. The minimum atomic E-state index is -3.57. The standard InChI is InChI=1S/C17H16N2O4S/c1-2-22-14-8-10-15(11-9-14)24(20,21)12-16-18-19-17(23-16)13-6-4-3-5-7-13/h3-11H,2,12H2,1H3. The summed E-state index contributed by atoms with van der Waals surface area (Å²) in [5, 5.41) is 7.73. The molecule has 7 heteroatoms. The Balaban J connectivity index is 1.78. The van der Waals surface area contributed by atoms with Gasteiger partial charge in [-0.1, -0.05) is 18.2 Å². The topological polar surface area (TPSA) is 82.3 Å². The summed E-state index contributed by atoms with van der Waals surface area (Å²) in [5.74, 6) is 0.636. The Hall–Kier alpha value is -2.67. The van der Waals surface area contributed by atoms with Gasteiger partial charge in [-0.25, -0.2) is 8.42 Å². The van der Waals surface area contributed by atoms with E-state index in [-0.39, 0.29) is 16.5 Å². The van der Waals surface area contributed by atoms with Gasteiger partial charge in [0.1, 0.15) is 11.5 Å². The predicted molar refractivity (Wildman–Crippen MR) is 88.2 cm³/mol. The fourth-order valence-electron chi connectivity index (χ4n) is 2.17. The summed E-state index contributed by atoms with van der Waals surface area (Å²) in [6, 6.07) is 15.5.